The third-order valence-electron chi connectivity index (χ3n) is 3.60. The maximum absolute atomic E-state index is 13.0. The van der Waals surface area contributed by atoms with Gasteiger partial charge in [0.1, 0.15) is 11.9 Å². The number of benzene rings is 1. The first-order valence-electron chi connectivity index (χ1n) is 8.68. The van der Waals surface area contributed by atoms with Crippen molar-refractivity contribution in [2.45, 2.75) is 57.7 Å². The Morgan fingerprint density at radius 3 is 2.07 bits per heavy atom. The third-order valence-corrected chi connectivity index (χ3v) is 5.53. The highest BCUT2D eigenvalue weighted by Gasteiger charge is 2.27. The third kappa shape index (κ3) is 7.54. The molecule has 2 atom stereocenters. The Balaban J connectivity index is 2.75. The Morgan fingerprint density at radius 1 is 1.04 bits per heavy atom. The molecule has 0 aliphatic carbocycles. The van der Waals surface area contributed by atoms with Gasteiger partial charge in [-0.3, -0.25) is 4.79 Å². The summed E-state index contributed by atoms with van der Waals surface area (Å²) in [7, 11) is -3.70. The molecule has 2 unspecified atom stereocenters. The Bertz CT molecular complexity index is 748. The number of carbonyl (C=O) groups excluding carboxylic acids is 2. The molecule has 0 aliphatic rings. The van der Waals surface area contributed by atoms with E-state index in [0.29, 0.717) is 0 Å². The van der Waals surface area contributed by atoms with Crippen LogP contribution in [0.1, 0.15) is 34.6 Å². The molecule has 1 aromatic carbocycles. The molecular formula is C18H27FN2O5S. The second-order valence-corrected chi connectivity index (χ2v) is 9.00. The molecule has 0 spiro atoms. The number of hydrogen-bond donors (Lipinski definition) is 2. The summed E-state index contributed by atoms with van der Waals surface area (Å²) in [5.41, 5.74) is 0. The minimum atomic E-state index is -3.70. The van der Waals surface area contributed by atoms with Crippen molar-refractivity contribution in [3.8, 4) is 0 Å². The van der Waals surface area contributed by atoms with E-state index in [9.17, 15) is 22.4 Å². The Kier molecular flexibility index (Phi) is 8.20. The molecule has 27 heavy (non-hydrogen) atoms. The molecule has 0 bridgehead atoms. The molecule has 0 radical (unpaired) electrons. The maximum Gasteiger partial charge on any atom is 0.408 e. The highest BCUT2D eigenvalue weighted by molar-refractivity contribution is 7.91. The van der Waals surface area contributed by atoms with E-state index in [2.05, 4.69) is 10.6 Å². The van der Waals surface area contributed by atoms with Crippen molar-refractivity contribution in [2.75, 3.05) is 5.75 Å². The van der Waals surface area contributed by atoms with Crippen LogP contribution >= 0.6 is 0 Å². The van der Waals surface area contributed by atoms with Gasteiger partial charge in [-0.1, -0.05) is 13.8 Å². The minimum absolute atomic E-state index is 0.0240. The lowest BCUT2D eigenvalue weighted by molar-refractivity contribution is -0.124. The largest absolute Gasteiger partial charge is 0.447 e. The highest BCUT2D eigenvalue weighted by Crippen LogP contribution is 2.13. The lowest BCUT2D eigenvalue weighted by Gasteiger charge is -2.24. The van der Waals surface area contributed by atoms with Crippen molar-refractivity contribution >= 4 is 21.8 Å². The molecule has 9 heteroatoms. The van der Waals surface area contributed by atoms with Crippen LogP contribution in [0.4, 0.5) is 9.18 Å². The van der Waals surface area contributed by atoms with Crippen LogP contribution in [0, 0.1) is 11.7 Å². The van der Waals surface area contributed by atoms with E-state index in [1.165, 1.54) is 12.1 Å². The van der Waals surface area contributed by atoms with Crippen LogP contribution in [-0.4, -0.2) is 44.4 Å². The van der Waals surface area contributed by atoms with E-state index in [4.69, 9.17) is 4.74 Å². The van der Waals surface area contributed by atoms with Crippen LogP contribution in [-0.2, 0) is 19.4 Å². The topological polar surface area (TPSA) is 102 Å². The normalized spacial score (nSPS) is 13.9. The van der Waals surface area contributed by atoms with Gasteiger partial charge in [-0.25, -0.2) is 17.6 Å². The van der Waals surface area contributed by atoms with E-state index in [1.54, 1.807) is 34.6 Å². The average molecular weight is 402 g/mol. The monoisotopic (exact) mass is 402 g/mol. The van der Waals surface area contributed by atoms with Crippen LogP contribution in [0.5, 0.6) is 0 Å². The highest BCUT2D eigenvalue weighted by atomic mass is 32.2. The number of halogens is 1. The number of hydrogen-bond acceptors (Lipinski definition) is 5. The zero-order chi connectivity index (χ0) is 20.8. The number of amides is 2. The first kappa shape index (κ1) is 22.9. The van der Waals surface area contributed by atoms with Crippen LogP contribution in [0.15, 0.2) is 29.2 Å². The first-order valence-corrected chi connectivity index (χ1v) is 10.3. The summed E-state index contributed by atoms with van der Waals surface area (Å²) in [5, 5.41) is 5.08. The molecule has 1 aromatic rings. The van der Waals surface area contributed by atoms with E-state index < -0.39 is 39.7 Å². The summed E-state index contributed by atoms with van der Waals surface area (Å²) >= 11 is 0. The van der Waals surface area contributed by atoms with Crippen LogP contribution in [0.3, 0.4) is 0 Å². The molecule has 7 nitrogen and oxygen atoms in total. The van der Waals surface area contributed by atoms with E-state index >= 15 is 0 Å². The predicted molar refractivity (Wildman–Crippen MR) is 99.4 cm³/mol. The summed E-state index contributed by atoms with van der Waals surface area (Å²) < 4.78 is 42.7. The predicted octanol–water partition coefficient (Wildman–Crippen LogP) is 2.26. The molecule has 2 N–H and O–H groups in total. The standard InChI is InChI=1S/C18H27FN2O5S/c1-11(2)16(21-18(23)26-12(3)4)17(22)20-13(5)10-27(24,25)15-8-6-14(19)7-9-15/h6-9,11-13,16H,10H2,1-5H3,(H,20,22)(H,21,23). The number of alkyl carbamates (subject to hydrolysis) is 1. The van der Waals surface area contributed by atoms with Crippen molar-refractivity contribution in [2.24, 2.45) is 5.92 Å². The molecule has 1 rings (SSSR count). The van der Waals surface area contributed by atoms with Gasteiger partial charge in [0.2, 0.25) is 5.91 Å². The fraction of sp³-hybridized carbons (Fsp3) is 0.556. The Hall–Kier alpha value is -2.16. The fourth-order valence-electron chi connectivity index (χ4n) is 2.35. The Labute approximate surface area is 159 Å². The zero-order valence-electron chi connectivity index (χ0n) is 16.2. The molecule has 0 heterocycles. The van der Waals surface area contributed by atoms with Gasteiger partial charge >= 0.3 is 6.09 Å². The zero-order valence-corrected chi connectivity index (χ0v) is 17.0. The molecule has 0 aromatic heterocycles. The molecule has 0 fully saturated rings. The molecule has 0 aliphatic heterocycles. The number of carbonyl (C=O) groups is 2. The van der Waals surface area contributed by atoms with Crippen LogP contribution in [0.2, 0.25) is 0 Å². The minimum Gasteiger partial charge on any atom is -0.447 e. The van der Waals surface area contributed by atoms with Crippen molar-refractivity contribution in [1.82, 2.24) is 10.6 Å². The van der Waals surface area contributed by atoms with Crippen LogP contribution < -0.4 is 10.6 Å². The van der Waals surface area contributed by atoms with Crippen molar-refractivity contribution in [3.05, 3.63) is 30.1 Å². The fourth-order valence-corrected chi connectivity index (χ4v) is 3.84. The van der Waals surface area contributed by atoms with Gasteiger partial charge in [0.25, 0.3) is 0 Å². The lowest BCUT2D eigenvalue weighted by Crippen LogP contribution is -2.52. The summed E-state index contributed by atoms with van der Waals surface area (Å²) in [5.74, 6) is -1.63. The number of nitrogens with one attached hydrogen (secondary N) is 2. The second-order valence-electron chi connectivity index (χ2n) is 6.97. The number of rotatable bonds is 8. The molecule has 152 valence electrons. The van der Waals surface area contributed by atoms with Crippen LogP contribution in [0.25, 0.3) is 0 Å². The lowest BCUT2D eigenvalue weighted by atomic mass is 10.0. The average Bonchev–Trinajstić information content (AvgIpc) is 2.51. The van der Waals surface area contributed by atoms with Crippen molar-refractivity contribution in [3.63, 3.8) is 0 Å². The maximum atomic E-state index is 13.0. The van der Waals surface area contributed by atoms with E-state index in [1.807, 2.05) is 0 Å². The Morgan fingerprint density at radius 2 is 1.59 bits per heavy atom. The van der Waals surface area contributed by atoms with Gasteiger partial charge in [0.15, 0.2) is 9.84 Å². The van der Waals surface area contributed by atoms with Gasteiger partial charge in [-0.2, -0.15) is 0 Å². The quantitative estimate of drug-likeness (QED) is 0.650. The number of sulfone groups is 1. The first-order chi connectivity index (χ1) is 12.4. The van der Waals surface area contributed by atoms with E-state index in [-0.39, 0.29) is 22.7 Å². The van der Waals surface area contributed by atoms with Gasteiger partial charge in [-0.15, -0.1) is 0 Å². The summed E-state index contributed by atoms with van der Waals surface area (Å²) in [6.07, 6.45) is -1.05. The second kappa shape index (κ2) is 9.68. The molecular weight excluding hydrogens is 375 g/mol. The SMILES string of the molecule is CC(CS(=O)(=O)c1ccc(F)cc1)NC(=O)C(NC(=O)OC(C)C)C(C)C. The van der Waals surface area contributed by atoms with E-state index in [0.717, 1.165) is 12.1 Å². The van der Waals surface area contributed by atoms with Crippen molar-refractivity contribution in [1.29, 1.82) is 0 Å². The summed E-state index contributed by atoms with van der Waals surface area (Å²) in [6, 6.07) is 2.91. The van der Waals surface area contributed by atoms with Gasteiger partial charge in [-0.05, 0) is 51.0 Å². The summed E-state index contributed by atoms with van der Waals surface area (Å²) in [6.45, 7) is 8.42. The smallest absolute Gasteiger partial charge is 0.408 e. The molecule has 2 amide bonds. The molecule has 0 saturated carbocycles. The molecule has 0 saturated heterocycles. The van der Waals surface area contributed by atoms with Gasteiger partial charge in [0, 0.05) is 6.04 Å². The van der Waals surface area contributed by atoms with Crippen molar-refractivity contribution < 1.29 is 27.1 Å². The van der Waals surface area contributed by atoms with Gasteiger partial charge < -0.3 is 15.4 Å². The summed E-state index contributed by atoms with van der Waals surface area (Å²) in [4.78, 5) is 24.2. The van der Waals surface area contributed by atoms with Gasteiger partial charge in [0.05, 0.1) is 16.8 Å². The number of ether oxygens (including phenoxy) is 1.